The van der Waals surface area contributed by atoms with Gasteiger partial charge >= 0.3 is 0 Å². The summed E-state index contributed by atoms with van der Waals surface area (Å²) in [5.74, 6) is 1.26. The highest BCUT2D eigenvalue weighted by molar-refractivity contribution is 5.93. The minimum Gasteiger partial charge on any atom is -0.461 e. The summed E-state index contributed by atoms with van der Waals surface area (Å²) in [6, 6.07) is 10.4. The molecule has 1 aromatic carbocycles. The molecule has 0 aliphatic heterocycles. The molecule has 0 unspecified atom stereocenters. The van der Waals surface area contributed by atoms with Crippen LogP contribution < -0.4 is 16.1 Å². The molecule has 3 aromatic heterocycles. The fraction of sp³-hybridized carbons (Fsp3) is 0.167. The number of amides is 1. The summed E-state index contributed by atoms with van der Waals surface area (Å²) in [6.07, 6.45) is 2.23. The fourth-order valence-electron chi connectivity index (χ4n) is 2.76. The Bertz CT molecular complexity index is 1140. The summed E-state index contributed by atoms with van der Waals surface area (Å²) in [7, 11) is 1.85. The van der Waals surface area contributed by atoms with Gasteiger partial charge in [-0.2, -0.15) is 19.5 Å². The van der Waals surface area contributed by atoms with E-state index in [2.05, 4.69) is 20.1 Å². The first-order chi connectivity index (χ1) is 14.0. The molecule has 0 aliphatic rings. The molecule has 29 heavy (non-hydrogen) atoms. The minimum absolute atomic E-state index is 0.168. The number of anilines is 2. The van der Waals surface area contributed by atoms with Gasteiger partial charge in [0.25, 0.3) is 11.7 Å². The molecule has 11 heteroatoms. The third-order valence-corrected chi connectivity index (χ3v) is 4.36. The molecule has 0 atom stereocenters. The van der Waals surface area contributed by atoms with E-state index < -0.39 is 5.91 Å². The molecule has 1 amide bonds. The van der Waals surface area contributed by atoms with E-state index in [0.717, 1.165) is 5.56 Å². The summed E-state index contributed by atoms with van der Waals surface area (Å²) in [6.45, 7) is 0.611. The molecule has 3 heterocycles. The number of nitrogens with zero attached hydrogens (tertiary/aromatic N) is 6. The SMILES string of the molecule is CN(CCc1ccc(C(=O)NO)cc1)c1nc(N)n2nc(-c3ccco3)nc2n1. The molecule has 11 nitrogen and oxygen atoms in total. The molecule has 0 saturated carbocycles. The number of nitrogen functional groups attached to an aromatic ring is 1. The first-order valence-corrected chi connectivity index (χ1v) is 8.74. The van der Waals surface area contributed by atoms with Gasteiger partial charge in [-0.15, -0.1) is 5.10 Å². The van der Waals surface area contributed by atoms with Crippen molar-refractivity contribution in [1.82, 2.24) is 30.0 Å². The first kappa shape index (κ1) is 18.4. The summed E-state index contributed by atoms with van der Waals surface area (Å²) in [5, 5.41) is 12.9. The maximum Gasteiger partial charge on any atom is 0.274 e. The van der Waals surface area contributed by atoms with Crippen molar-refractivity contribution in [2.75, 3.05) is 24.2 Å². The van der Waals surface area contributed by atoms with Crippen molar-refractivity contribution in [2.24, 2.45) is 0 Å². The van der Waals surface area contributed by atoms with Gasteiger partial charge in [0, 0.05) is 19.2 Å². The number of aromatic nitrogens is 5. The zero-order valence-electron chi connectivity index (χ0n) is 15.5. The molecule has 0 bridgehead atoms. The van der Waals surface area contributed by atoms with Crippen LogP contribution in [0.2, 0.25) is 0 Å². The van der Waals surface area contributed by atoms with E-state index in [1.54, 1.807) is 29.7 Å². The standard InChI is InChI=1S/C18H18N8O3/c1-25(9-8-11-4-6-12(7-5-11)15(27)24-28)17-21-16(19)26-18(22-17)20-14(23-26)13-3-2-10-29-13/h2-7,10,28H,8-9H2,1H3,(H,24,27)(H2,19,20,21,22,23). The third-order valence-electron chi connectivity index (χ3n) is 4.36. The van der Waals surface area contributed by atoms with Crippen molar-refractivity contribution < 1.29 is 14.4 Å². The Balaban J connectivity index is 1.49. The number of nitrogens with two attached hydrogens (primary N) is 1. The molecule has 4 rings (SSSR count). The van der Waals surface area contributed by atoms with Gasteiger partial charge in [-0.05, 0) is 36.2 Å². The number of rotatable bonds is 6. The molecule has 0 spiro atoms. The number of likely N-dealkylation sites (N-methyl/N-ethyl adjacent to an activating group) is 1. The molecule has 0 saturated heterocycles. The number of hydrogen-bond donors (Lipinski definition) is 3. The highest BCUT2D eigenvalue weighted by Crippen LogP contribution is 2.18. The summed E-state index contributed by atoms with van der Waals surface area (Å²) in [5.41, 5.74) is 9.03. The van der Waals surface area contributed by atoms with Crippen molar-refractivity contribution in [1.29, 1.82) is 0 Å². The molecule has 4 aromatic rings. The lowest BCUT2D eigenvalue weighted by molar-refractivity contribution is 0.0706. The Hall–Kier alpha value is -3.99. The number of carbonyl (C=O) groups is 1. The van der Waals surface area contributed by atoms with E-state index in [9.17, 15) is 4.79 Å². The highest BCUT2D eigenvalue weighted by atomic mass is 16.5. The van der Waals surface area contributed by atoms with Crippen molar-refractivity contribution in [3.63, 3.8) is 0 Å². The van der Waals surface area contributed by atoms with Crippen LogP contribution in [0.25, 0.3) is 17.4 Å². The zero-order chi connectivity index (χ0) is 20.4. The van der Waals surface area contributed by atoms with Gasteiger partial charge in [0.1, 0.15) is 0 Å². The lowest BCUT2D eigenvalue weighted by Gasteiger charge is -2.17. The monoisotopic (exact) mass is 394 g/mol. The molecular weight excluding hydrogens is 376 g/mol. The number of benzene rings is 1. The Labute approximate surface area is 164 Å². The van der Waals surface area contributed by atoms with Crippen LogP contribution >= 0.6 is 0 Å². The Kier molecular flexibility index (Phi) is 4.79. The maximum absolute atomic E-state index is 11.4. The fourth-order valence-corrected chi connectivity index (χ4v) is 2.76. The van der Waals surface area contributed by atoms with Gasteiger partial charge in [-0.1, -0.05) is 12.1 Å². The largest absolute Gasteiger partial charge is 0.461 e. The van der Waals surface area contributed by atoms with Crippen molar-refractivity contribution in [3.05, 3.63) is 53.8 Å². The normalized spacial score (nSPS) is 11.0. The number of furan rings is 1. The van der Waals surface area contributed by atoms with Crippen LogP contribution in [0, 0.1) is 0 Å². The Morgan fingerprint density at radius 2 is 2.03 bits per heavy atom. The lowest BCUT2D eigenvalue weighted by Crippen LogP contribution is -2.24. The smallest absolute Gasteiger partial charge is 0.274 e. The zero-order valence-corrected chi connectivity index (χ0v) is 15.5. The molecule has 0 radical (unpaired) electrons. The van der Waals surface area contributed by atoms with E-state index in [1.807, 2.05) is 24.1 Å². The molecule has 0 aliphatic carbocycles. The van der Waals surface area contributed by atoms with Crippen LogP contribution in [0.1, 0.15) is 15.9 Å². The van der Waals surface area contributed by atoms with Gasteiger partial charge < -0.3 is 15.1 Å². The van der Waals surface area contributed by atoms with Crippen molar-refractivity contribution in [3.8, 4) is 11.6 Å². The van der Waals surface area contributed by atoms with Gasteiger partial charge in [0.2, 0.25) is 17.7 Å². The topological polar surface area (TPSA) is 148 Å². The first-order valence-electron chi connectivity index (χ1n) is 8.74. The average Bonchev–Trinajstić information content (AvgIpc) is 3.41. The van der Waals surface area contributed by atoms with E-state index in [4.69, 9.17) is 15.4 Å². The average molecular weight is 394 g/mol. The van der Waals surface area contributed by atoms with Crippen LogP contribution in [0.4, 0.5) is 11.9 Å². The Morgan fingerprint density at radius 3 is 2.72 bits per heavy atom. The summed E-state index contributed by atoms with van der Waals surface area (Å²) in [4.78, 5) is 26.3. The second kappa shape index (κ2) is 7.56. The number of fused-ring (bicyclic) bond motifs is 1. The molecule has 4 N–H and O–H groups in total. The van der Waals surface area contributed by atoms with Crippen molar-refractivity contribution >= 4 is 23.6 Å². The van der Waals surface area contributed by atoms with Crippen LogP contribution in [-0.2, 0) is 6.42 Å². The molecule has 0 fully saturated rings. The van der Waals surface area contributed by atoms with Gasteiger partial charge in [0.05, 0.1) is 6.26 Å². The predicted octanol–water partition coefficient (Wildman–Crippen LogP) is 1.16. The van der Waals surface area contributed by atoms with Crippen LogP contribution in [0.3, 0.4) is 0 Å². The van der Waals surface area contributed by atoms with Gasteiger partial charge in [0.15, 0.2) is 5.76 Å². The quantitative estimate of drug-likeness (QED) is 0.323. The second-order valence-corrected chi connectivity index (χ2v) is 6.32. The van der Waals surface area contributed by atoms with Crippen LogP contribution in [0.15, 0.2) is 47.1 Å². The molecule has 148 valence electrons. The second-order valence-electron chi connectivity index (χ2n) is 6.32. The van der Waals surface area contributed by atoms with Gasteiger partial charge in [-0.3, -0.25) is 10.0 Å². The number of hydrogen-bond acceptors (Lipinski definition) is 9. The third kappa shape index (κ3) is 3.71. The van der Waals surface area contributed by atoms with E-state index >= 15 is 0 Å². The minimum atomic E-state index is -0.548. The number of hydroxylamine groups is 1. The van der Waals surface area contributed by atoms with E-state index in [0.29, 0.717) is 41.8 Å². The maximum atomic E-state index is 11.4. The summed E-state index contributed by atoms with van der Waals surface area (Å²) < 4.78 is 6.67. The molecular formula is C18H18N8O3. The van der Waals surface area contributed by atoms with E-state index in [-0.39, 0.29) is 5.95 Å². The Morgan fingerprint density at radius 1 is 1.24 bits per heavy atom. The lowest BCUT2D eigenvalue weighted by atomic mass is 10.1. The predicted molar refractivity (Wildman–Crippen MR) is 103 cm³/mol. The van der Waals surface area contributed by atoms with Gasteiger partial charge in [-0.25, -0.2) is 5.48 Å². The van der Waals surface area contributed by atoms with Crippen LogP contribution in [-0.4, -0.2) is 49.3 Å². The van der Waals surface area contributed by atoms with E-state index in [1.165, 1.54) is 10.8 Å². The van der Waals surface area contributed by atoms with Crippen LogP contribution in [0.5, 0.6) is 0 Å². The summed E-state index contributed by atoms with van der Waals surface area (Å²) >= 11 is 0. The number of carbonyl (C=O) groups excluding carboxylic acids is 1. The number of nitrogens with one attached hydrogen (secondary N) is 1. The highest BCUT2D eigenvalue weighted by Gasteiger charge is 2.15. The van der Waals surface area contributed by atoms with Crippen molar-refractivity contribution in [2.45, 2.75) is 6.42 Å².